The van der Waals surface area contributed by atoms with Crippen LogP contribution in [0.5, 0.6) is 0 Å². The highest BCUT2D eigenvalue weighted by Gasteiger charge is 2.45. The van der Waals surface area contributed by atoms with Crippen LogP contribution in [0.2, 0.25) is 0 Å². The van der Waals surface area contributed by atoms with Crippen molar-refractivity contribution >= 4 is 27.8 Å². The van der Waals surface area contributed by atoms with E-state index in [1.54, 1.807) is 0 Å². The molecule has 0 fully saturated rings. The average Bonchev–Trinajstić information content (AvgIpc) is 3.56. The first-order valence-corrected chi connectivity index (χ1v) is 18.7. The highest BCUT2D eigenvalue weighted by atomic mass is 15.1. The standard InChI is InChI=1S/C53H37N/c1-4-16-38(17-5-1)49-36-40-18-10-11-19-41(40)37-50(49)39-28-32-45(33-29-39)54(44-22-8-3-9-23-44)46-34-30-43(31-35-46)53(42-20-6-2-7-21-42)51-26-14-12-24-47(51)48-25-13-15-27-52(48)53/h1-37H. The van der Waals surface area contributed by atoms with Crippen LogP contribution in [0.25, 0.3) is 44.2 Å². The third-order valence-corrected chi connectivity index (χ3v) is 11.1. The molecule has 254 valence electrons. The molecule has 10 rings (SSSR count). The summed E-state index contributed by atoms with van der Waals surface area (Å²) in [5, 5.41) is 2.48. The van der Waals surface area contributed by atoms with E-state index in [1.165, 1.54) is 66.4 Å². The molecule has 0 unspecified atom stereocenters. The number of benzene rings is 9. The summed E-state index contributed by atoms with van der Waals surface area (Å²) < 4.78 is 0. The summed E-state index contributed by atoms with van der Waals surface area (Å²) in [5.41, 5.74) is 15.5. The molecule has 1 aliphatic rings. The maximum Gasteiger partial charge on any atom is 0.0713 e. The lowest BCUT2D eigenvalue weighted by Gasteiger charge is -2.34. The van der Waals surface area contributed by atoms with Gasteiger partial charge in [-0.15, -0.1) is 0 Å². The van der Waals surface area contributed by atoms with Gasteiger partial charge < -0.3 is 4.90 Å². The quantitative estimate of drug-likeness (QED) is 0.161. The fourth-order valence-corrected chi connectivity index (χ4v) is 8.72. The number of hydrogen-bond acceptors (Lipinski definition) is 1. The summed E-state index contributed by atoms with van der Waals surface area (Å²) in [6.07, 6.45) is 0. The number of anilines is 3. The summed E-state index contributed by atoms with van der Waals surface area (Å²) in [6.45, 7) is 0. The Labute approximate surface area is 317 Å². The van der Waals surface area contributed by atoms with E-state index < -0.39 is 5.41 Å². The lowest BCUT2D eigenvalue weighted by Crippen LogP contribution is -2.28. The van der Waals surface area contributed by atoms with Crippen LogP contribution >= 0.6 is 0 Å². The van der Waals surface area contributed by atoms with Crippen LogP contribution in [-0.4, -0.2) is 0 Å². The smallest absolute Gasteiger partial charge is 0.0713 e. The van der Waals surface area contributed by atoms with Crippen LogP contribution < -0.4 is 4.90 Å². The monoisotopic (exact) mass is 687 g/mol. The minimum Gasteiger partial charge on any atom is -0.311 e. The van der Waals surface area contributed by atoms with Crippen molar-refractivity contribution in [1.29, 1.82) is 0 Å². The Balaban J connectivity index is 1.09. The maximum absolute atomic E-state index is 2.36. The van der Waals surface area contributed by atoms with Gasteiger partial charge in [0, 0.05) is 17.1 Å². The fourth-order valence-electron chi connectivity index (χ4n) is 8.72. The Kier molecular flexibility index (Phi) is 7.78. The van der Waals surface area contributed by atoms with E-state index in [4.69, 9.17) is 0 Å². The van der Waals surface area contributed by atoms with Gasteiger partial charge in [0.1, 0.15) is 0 Å². The normalized spacial score (nSPS) is 12.6. The van der Waals surface area contributed by atoms with Gasteiger partial charge in [-0.3, -0.25) is 0 Å². The molecule has 0 amide bonds. The highest BCUT2D eigenvalue weighted by Crippen LogP contribution is 2.56. The molecule has 1 heteroatoms. The molecule has 0 spiro atoms. The summed E-state index contributed by atoms with van der Waals surface area (Å²) in [5.74, 6) is 0. The molecule has 9 aromatic rings. The zero-order chi connectivity index (χ0) is 35.9. The second-order valence-electron chi connectivity index (χ2n) is 14.1. The van der Waals surface area contributed by atoms with Crippen molar-refractivity contribution < 1.29 is 0 Å². The molecule has 0 heterocycles. The second-order valence-corrected chi connectivity index (χ2v) is 14.1. The van der Waals surface area contributed by atoms with E-state index in [9.17, 15) is 0 Å². The summed E-state index contributed by atoms with van der Waals surface area (Å²) in [4.78, 5) is 2.36. The Hall–Kier alpha value is -6.96. The highest BCUT2D eigenvalue weighted by molar-refractivity contribution is 5.97. The lowest BCUT2D eigenvalue weighted by molar-refractivity contribution is 0.768. The molecule has 0 saturated heterocycles. The predicted octanol–water partition coefficient (Wildman–Crippen LogP) is 14.0. The summed E-state index contributed by atoms with van der Waals surface area (Å²) in [6, 6.07) is 81.9. The first kappa shape index (κ1) is 31.7. The Morgan fingerprint density at radius 3 is 1.22 bits per heavy atom. The van der Waals surface area contributed by atoms with Gasteiger partial charge in [0.15, 0.2) is 0 Å². The number of hydrogen-bond donors (Lipinski definition) is 0. The zero-order valence-electron chi connectivity index (χ0n) is 29.8. The first-order chi connectivity index (χ1) is 26.8. The van der Waals surface area contributed by atoms with Crippen molar-refractivity contribution in [2.45, 2.75) is 5.41 Å². The van der Waals surface area contributed by atoms with Crippen molar-refractivity contribution in [3.63, 3.8) is 0 Å². The minimum absolute atomic E-state index is 0.428. The number of rotatable bonds is 7. The Morgan fingerprint density at radius 2 is 0.667 bits per heavy atom. The molecule has 0 N–H and O–H groups in total. The number of nitrogens with zero attached hydrogens (tertiary/aromatic N) is 1. The van der Waals surface area contributed by atoms with E-state index >= 15 is 0 Å². The van der Waals surface area contributed by atoms with E-state index in [-0.39, 0.29) is 0 Å². The van der Waals surface area contributed by atoms with E-state index in [1.807, 2.05) is 0 Å². The van der Waals surface area contributed by atoms with Gasteiger partial charge in [0.25, 0.3) is 0 Å². The topological polar surface area (TPSA) is 3.24 Å². The van der Waals surface area contributed by atoms with Gasteiger partial charge in [-0.05, 0) is 115 Å². The van der Waals surface area contributed by atoms with Gasteiger partial charge in [-0.2, -0.15) is 0 Å². The Morgan fingerprint density at radius 1 is 0.278 bits per heavy atom. The van der Waals surface area contributed by atoms with Crippen LogP contribution in [-0.2, 0) is 5.41 Å². The molecule has 0 bridgehead atoms. The number of para-hydroxylation sites is 1. The summed E-state index contributed by atoms with van der Waals surface area (Å²) >= 11 is 0. The summed E-state index contributed by atoms with van der Waals surface area (Å²) in [7, 11) is 0. The van der Waals surface area contributed by atoms with Crippen LogP contribution in [0.3, 0.4) is 0 Å². The predicted molar refractivity (Wildman–Crippen MR) is 227 cm³/mol. The van der Waals surface area contributed by atoms with Gasteiger partial charge >= 0.3 is 0 Å². The van der Waals surface area contributed by atoms with E-state index in [0.717, 1.165) is 17.1 Å². The van der Waals surface area contributed by atoms with Crippen molar-refractivity contribution in [2.75, 3.05) is 4.90 Å². The molecule has 9 aromatic carbocycles. The largest absolute Gasteiger partial charge is 0.311 e. The van der Waals surface area contributed by atoms with Crippen LogP contribution in [0.1, 0.15) is 22.3 Å². The fraction of sp³-hybridized carbons (Fsp3) is 0.0189. The van der Waals surface area contributed by atoms with Crippen molar-refractivity contribution in [3.8, 4) is 33.4 Å². The van der Waals surface area contributed by atoms with Gasteiger partial charge in [-0.1, -0.05) is 176 Å². The zero-order valence-corrected chi connectivity index (χ0v) is 29.8. The third kappa shape index (κ3) is 5.17. The van der Waals surface area contributed by atoms with Crippen molar-refractivity contribution in [2.24, 2.45) is 0 Å². The van der Waals surface area contributed by atoms with Gasteiger partial charge in [-0.25, -0.2) is 0 Å². The SMILES string of the molecule is c1ccc(-c2cc3ccccc3cc2-c2ccc(N(c3ccccc3)c3ccc(C4(c5ccccc5)c5ccccc5-c5ccccc54)cc3)cc2)cc1. The van der Waals surface area contributed by atoms with Crippen molar-refractivity contribution in [1.82, 2.24) is 0 Å². The van der Waals surface area contributed by atoms with Crippen molar-refractivity contribution in [3.05, 3.63) is 247 Å². The third-order valence-electron chi connectivity index (χ3n) is 11.1. The van der Waals surface area contributed by atoms with Crippen LogP contribution in [0.4, 0.5) is 17.1 Å². The molecule has 54 heavy (non-hydrogen) atoms. The molecule has 0 atom stereocenters. The van der Waals surface area contributed by atoms with Crippen LogP contribution in [0, 0.1) is 0 Å². The van der Waals surface area contributed by atoms with Gasteiger partial charge in [0.2, 0.25) is 0 Å². The first-order valence-electron chi connectivity index (χ1n) is 18.7. The lowest BCUT2D eigenvalue weighted by atomic mass is 9.68. The molecule has 1 aliphatic carbocycles. The van der Waals surface area contributed by atoms with Gasteiger partial charge in [0.05, 0.1) is 5.41 Å². The van der Waals surface area contributed by atoms with Crippen LogP contribution in [0.15, 0.2) is 224 Å². The molecule has 0 radical (unpaired) electrons. The number of fused-ring (bicyclic) bond motifs is 4. The molecular weight excluding hydrogens is 651 g/mol. The molecule has 0 aromatic heterocycles. The average molecular weight is 688 g/mol. The molecule has 0 saturated carbocycles. The molecular formula is C53H37N. The minimum atomic E-state index is -0.428. The molecule has 0 aliphatic heterocycles. The van der Waals surface area contributed by atoms with E-state index in [0.29, 0.717) is 0 Å². The Bertz CT molecular complexity index is 2690. The molecule has 1 nitrogen and oxygen atoms in total. The maximum atomic E-state index is 2.36. The second kappa shape index (κ2) is 13.2. The van der Waals surface area contributed by atoms with E-state index in [2.05, 4.69) is 229 Å².